The molecule has 1 heterocycles. The molecular weight excluding hydrogens is 309 g/mol. The van der Waals surface area contributed by atoms with Gasteiger partial charge in [-0.3, -0.25) is 4.79 Å². The van der Waals surface area contributed by atoms with Crippen molar-refractivity contribution < 1.29 is 22.7 Å². The average Bonchev–Trinajstić information content (AvgIpc) is 2.32. The number of hydrogen-bond acceptors (Lipinski definition) is 3. The molecule has 1 amide bonds. The largest absolute Gasteiger partial charge is 0.416 e. The van der Waals surface area contributed by atoms with Crippen LogP contribution in [0.1, 0.15) is 12.5 Å². The van der Waals surface area contributed by atoms with Crippen LogP contribution in [-0.4, -0.2) is 31.2 Å². The van der Waals surface area contributed by atoms with Crippen LogP contribution in [-0.2, 0) is 15.7 Å². The summed E-state index contributed by atoms with van der Waals surface area (Å²) in [5.41, 5.74) is -1.33. The molecule has 1 aliphatic rings. The Morgan fingerprint density at radius 3 is 2.62 bits per heavy atom. The van der Waals surface area contributed by atoms with E-state index in [1.165, 1.54) is 6.07 Å². The first kappa shape index (κ1) is 16.1. The molecule has 0 aromatic heterocycles. The van der Waals surface area contributed by atoms with Gasteiger partial charge in [0, 0.05) is 23.8 Å². The molecule has 1 saturated heterocycles. The molecule has 1 aromatic carbocycles. The Bertz CT molecular complexity index is 545. The van der Waals surface area contributed by atoms with E-state index < -0.39 is 23.2 Å². The van der Waals surface area contributed by atoms with E-state index in [1.54, 1.807) is 0 Å². The summed E-state index contributed by atoms with van der Waals surface area (Å²) >= 11 is 5.63. The summed E-state index contributed by atoms with van der Waals surface area (Å²) in [7, 11) is 0. The molecule has 1 fully saturated rings. The van der Waals surface area contributed by atoms with Crippen molar-refractivity contribution in [2.75, 3.05) is 25.0 Å². The molecule has 0 spiro atoms. The maximum absolute atomic E-state index is 12.6. The van der Waals surface area contributed by atoms with Gasteiger partial charge in [0.1, 0.15) is 6.61 Å². The van der Waals surface area contributed by atoms with Gasteiger partial charge in [0.15, 0.2) is 0 Å². The molecule has 0 unspecified atom stereocenters. The van der Waals surface area contributed by atoms with Crippen molar-refractivity contribution in [2.45, 2.75) is 18.7 Å². The monoisotopic (exact) mass is 322 g/mol. The molecule has 0 bridgehead atoms. The van der Waals surface area contributed by atoms with Crippen LogP contribution < -0.4 is 10.6 Å². The lowest BCUT2D eigenvalue weighted by Gasteiger charge is -2.38. The van der Waals surface area contributed by atoms with Gasteiger partial charge in [-0.1, -0.05) is 11.6 Å². The molecule has 8 heteroatoms. The number of hydrogen-bond donors (Lipinski definition) is 2. The van der Waals surface area contributed by atoms with Crippen LogP contribution in [0.5, 0.6) is 0 Å². The lowest BCUT2D eigenvalue weighted by Crippen LogP contribution is -2.59. The average molecular weight is 323 g/mol. The predicted molar refractivity (Wildman–Crippen MR) is 72.3 cm³/mol. The van der Waals surface area contributed by atoms with Crippen LogP contribution in [0.4, 0.5) is 18.9 Å². The van der Waals surface area contributed by atoms with Crippen molar-refractivity contribution >= 4 is 23.2 Å². The Hall–Kier alpha value is -1.31. The molecule has 0 saturated carbocycles. The van der Waals surface area contributed by atoms with Crippen molar-refractivity contribution in [1.82, 2.24) is 5.32 Å². The van der Waals surface area contributed by atoms with Gasteiger partial charge in [-0.05, 0) is 25.1 Å². The van der Waals surface area contributed by atoms with E-state index in [0.717, 1.165) is 12.1 Å². The molecule has 1 aromatic rings. The fourth-order valence-corrected chi connectivity index (χ4v) is 2.08. The zero-order valence-electron chi connectivity index (χ0n) is 11.2. The Morgan fingerprint density at radius 2 is 2.10 bits per heavy atom. The van der Waals surface area contributed by atoms with Gasteiger partial charge in [-0.25, -0.2) is 0 Å². The van der Waals surface area contributed by atoms with Crippen molar-refractivity contribution in [2.24, 2.45) is 0 Å². The fraction of sp³-hybridized carbons (Fsp3) is 0.462. The lowest BCUT2D eigenvalue weighted by atomic mass is 10.0. The molecule has 0 radical (unpaired) electrons. The Labute approximate surface area is 124 Å². The van der Waals surface area contributed by atoms with E-state index in [0.29, 0.717) is 13.1 Å². The van der Waals surface area contributed by atoms with Gasteiger partial charge >= 0.3 is 6.18 Å². The summed E-state index contributed by atoms with van der Waals surface area (Å²) in [6.07, 6.45) is -4.52. The van der Waals surface area contributed by atoms with Crippen molar-refractivity contribution in [3.8, 4) is 0 Å². The molecule has 0 aliphatic carbocycles. The third-order valence-electron chi connectivity index (χ3n) is 3.06. The Morgan fingerprint density at radius 1 is 1.43 bits per heavy atom. The van der Waals surface area contributed by atoms with Crippen LogP contribution in [0.25, 0.3) is 0 Å². The number of alkyl halides is 3. The molecular formula is C13H14ClF3N2O2. The summed E-state index contributed by atoms with van der Waals surface area (Å²) in [5.74, 6) is -0.529. The quantitative estimate of drug-likeness (QED) is 0.896. The minimum atomic E-state index is -4.52. The van der Waals surface area contributed by atoms with E-state index in [4.69, 9.17) is 16.3 Å². The number of amides is 1. The van der Waals surface area contributed by atoms with E-state index in [9.17, 15) is 18.0 Å². The van der Waals surface area contributed by atoms with Gasteiger partial charge in [0.05, 0.1) is 11.2 Å². The first-order valence-electron chi connectivity index (χ1n) is 6.20. The molecule has 4 nitrogen and oxygen atoms in total. The zero-order valence-corrected chi connectivity index (χ0v) is 11.9. The highest BCUT2D eigenvalue weighted by atomic mass is 35.5. The van der Waals surface area contributed by atoms with Gasteiger partial charge in [0.25, 0.3) is 0 Å². The van der Waals surface area contributed by atoms with Gasteiger partial charge in [-0.2, -0.15) is 13.2 Å². The highest BCUT2D eigenvalue weighted by Crippen LogP contribution is 2.33. The first-order valence-corrected chi connectivity index (χ1v) is 6.58. The number of benzene rings is 1. The van der Waals surface area contributed by atoms with Gasteiger partial charge in [0.2, 0.25) is 5.91 Å². The third-order valence-corrected chi connectivity index (χ3v) is 3.28. The smallest absolute Gasteiger partial charge is 0.363 e. The number of nitrogens with one attached hydrogen (secondary N) is 2. The van der Waals surface area contributed by atoms with Crippen LogP contribution in [0, 0.1) is 0 Å². The summed E-state index contributed by atoms with van der Waals surface area (Å²) in [6, 6.07) is 2.88. The third kappa shape index (κ3) is 4.33. The summed E-state index contributed by atoms with van der Waals surface area (Å²) in [5, 5.41) is 5.25. The minimum Gasteiger partial charge on any atom is -0.363 e. The zero-order chi connectivity index (χ0) is 15.7. The topological polar surface area (TPSA) is 50.4 Å². The van der Waals surface area contributed by atoms with Crippen molar-refractivity contribution in [3.63, 3.8) is 0 Å². The number of halogens is 4. The molecule has 1 aliphatic heterocycles. The minimum absolute atomic E-state index is 0.0136. The highest BCUT2D eigenvalue weighted by Gasteiger charge is 2.33. The van der Waals surface area contributed by atoms with Gasteiger partial charge < -0.3 is 15.4 Å². The Kier molecular flexibility index (Phi) is 4.46. The predicted octanol–water partition coefficient (Wildman–Crippen LogP) is 2.68. The van der Waals surface area contributed by atoms with Crippen LogP contribution >= 0.6 is 11.6 Å². The van der Waals surface area contributed by atoms with Crippen molar-refractivity contribution in [3.05, 3.63) is 28.8 Å². The van der Waals surface area contributed by atoms with E-state index in [1.807, 2.05) is 6.92 Å². The van der Waals surface area contributed by atoms with Crippen LogP contribution in [0.15, 0.2) is 18.2 Å². The van der Waals surface area contributed by atoms with E-state index in [2.05, 4.69) is 10.6 Å². The maximum Gasteiger partial charge on any atom is 0.416 e. The first-order chi connectivity index (χ1) is 9.68. The molecule has 2 rings (SSSR count). The highest BCUT2D eigenvalue weighted by molar-refractivity contribution is 6.31. The Balaban J connectivity index is 1.98. The second kappa shape index (κ2) is 5.82. The number of anilines is 1. The maximum atomic E-state index is 12.6. The number of rotatable bonds is 4. The molecule has 2 N–H and O–H groups in total. The number of ether oxygens (including phenoxy) is 1. The normalized spacial score (nSPS) is 17.2. The summed E-state index contributed by atoms with van der Waals surface area (Å²) in [6.45, 7) is 2.88. The number of carbonyl (C=O) groups is 1. The summed E-state index contributed by atoms with van der Waals surface area (Å²) < 4.78 is 43.3. The van der Waals surface area contributed by atoms with Gasteiger partial charge in [-0.15, -0.1) is 0 Å². The standard InChI is InChI=1S/C13H14ClF3N2O2/c1-12(6-18-7-12)21-5-11(20)19-10-3-8(13(15,16)17)2-9(14)4-10/h2-4,18H,5-7H2,1H3,(H,19,20). The second-order valence-electron chi connectivity index (χ2n) is 5.12. The van der Waals surface area contributed by atoms with E-state index >= 15 is 0 Å². The molecule has 0 atom stereocenters. The lowest BCUT2D eigenvalue weighted by molar-refractivity contribution is -0.137. The van der Waals surface area contributed by atoms with Crippen molar-refractivity contribution in [1.29, 1.82) is 0 Å². The summed E-state index contributed by atoms with van der Waals surface area (Å²) in [4.78, 5) is 11.7. The SMILES string of the molecule is CC1(OCC(=O)Nc2cc(Cl)cc(C(F)(F)F)c2)CNC1. The number of carbonyl (C=O) groups excluding carboxylic acids is 1. The molecule has 116 valence electrons. The van der Waals surface area contributed by atoms with E-state index in [-0.39, 0.29) is 17.3 Å². The molecule has 21 heavy (non-hydrogen) atoms. The second-order valence-corrected chi connectivity index (χ2v) is 5.55. The van der Waals surface area contributed by atoms with Crippen LogP contribution in [0.2, 0.25) is 5.02 Å². The van der Waals surface area contributed by atoms with Crippen LogP contribution in [0.3, 0.4) is 0 Å². The fourth-order valence-electron chi connectivity index (χ4n) is 1.84.